The molecule has 2 saturated heterocycles. The molecular weight excluding hydrogens is 290 g/mol. The van der Waals surface area contributed by atoms with Crippen LogP contribution in [0, 0.1) is 5.41 Å². The molecular formula is C18H23N3O2. The first kappa shape index (κ1) is 14.7. The molecule has 0 amide bonds. The zero-order valence-electron chi connectivity index (χ0n) is 13.4. The lowest BCUT2D eigenvalue weighted by Gasteiger charge is -2.31. The highest BCUT2D eigenvalue weighted by Crippen LogP contribution is 2.35. The molecule has 4 rings (SSSR count). The standard InChI is InChI=1S/C18H23N3O2/c1-2-6-19-17(3-1)21-7-5-18(14-21)13-20(8-10-23-15-18)11-16-4-9-22-12-16/h1-4,6,9,12H,5,7-8,10-11,13-15H2/t18-/m0/s1. The van der Waals surface area contributed by atoms with E-state index in [-0.39, 0.29) is 5.41 Å². The second-order valence-electron chi connectivity index (χ2n) is 6.75. The van der Waals surface area contributed by atoms with Crippen LogP contribution in [0.1, 0.15) is 12.0 Å². The largest absolute Gasteiger partial charge is 0.472 e. The first-order valence-electron chi connectivity index (χ1n) is 8.30. The van der Waals surface area contributed by atoms with Crippen LogP contribution in [0.2, 0.25) is 0 Å². The van der Waals surface area contributed by atoms with E-state index in [0.717, 1.165) is 58.2 Å². The molecule has 4 heterocycles. The zero-order chi connectivity index (χ0) is 15.5. The molecule has 0 aromatic carbocycles. The monoisotopic (exact) mass is 313 g/mol. The molecule has 0 bridgehead atoms. The molecule has 2 aliphatic rings. The van der Waals surface area contributed by atoms with E-state index in [1.165, 1.54) is 5.56 Å². The van der Waals surface area contributed by atoms with Crippen LogP contribution >= 0.6 is 0 Å². The number of hydrogen-bond donors (Lipinski definition) is 0. The Bertz CT molecular complexity index is 616. The predicted octanol–water partition coefficient (Wildman–Crippen LogP) is 2.40. The van der Waals surface area contributed by atoms with Gasteiger partial charge in [0, 0.05) is 49.9 Å². The smallest absolute Gasteiger partial charge is 0.128 e. The number of aromatic nitrogens is 1. The van der Waals surface area contributed by atoms with Crippen molar-refractivity contribution in [3.8, 4) is 0 Å². The fourth-order valence-corrected chi connectivity index (χ4v) is 3.78. The Balaban J connectivity index is 1.46. The minimum atomic E-state index is 0.206. The maximum Gasteiger partial charge on any atom is 0.128 e. The highest BCUT2D eigenvalue weighted by Gasteiger charge is 2.41. The minimum Gasteiger partial charge on any atom is -0.472 e. The summed E-state index contributed by atoms with van der Waals surface area (Å²) in [7, 11) is 0. The Labute approximate surface area is 136 Å². The van der Waals surface area contributed by atoms with E-state index in [4.69, 9.17) is 9.15 Å². The minimum absolute atomic E-state index is 0.206. The fraction of sp³-hybridized carbons (Fsp3) is 0.500. The van der Waals surface area contributed by atoms with Crippen molar-refractivity contribution < 1.29 is 9.15 Å². The fourth-order valence-electron chi connectivity index (χ4n) is 3.78. The van der Waals surface area contributed by atoms with Crippen molar-refractivity contribution in [1.82, 2.24) is 9.88 Å². The van der Waals surface area contributed by atoms with Crippen molar-refractivity contribution in [2.24, 2.45) is 5.41 Å². The molecule has 0 N–H and O–H groups in total. The van der Waals surface area contributed by atoms with Crippen LogP contribution in [-0.2, 0) is 11.3 Å². The molecule has 2 aromatic heterocycles. The lowest BCUT2D eigenvalue weighted by Crippen LogP contribution is -2.40. The van der Waals surface area contributed by atoms with Crippen LogP contribution < -0.4 is 4.90 Å². The molecule has 2 aliphatic heterocycles. The Kier molecular flexibility index (Phi) is 4.06. The third-order valence-electron chi connectivity index (χ3n) is 4.92. The number of nitrogens with zero attached hydrogens (tertiary/aromatic N) is 3. The van der Waals surface area contributed by atoms with E-state index in [9.17, 15) is 0 Å². The molecule has 122 valence electrons. The van der Waals surface area contributed by atoms with Gasteiger partial charge in [-0.3, -0.25) is 4.90 Å². The van der Waals surface area contributed by atoms with Crippen molar-refractivity contribution in [2.75, 3.05) is 44.3 Å². The maximum absolute atomic E-state index is 5.95. The molecule has 0 unspecified atom stereocenters. The van der Waals surface area contributed by atoms with Gasteiger partial charge in [0.25, 0.3) is 0 Å². The van der Waals surface area contributed by atoms with E-state index in [1.54, 1.807) is 6.26 Å². The summed E-state index contributed by atoms with van der Waals surface area (Å²) in [5.74, 6) is 1.08. The molecule has 0 saturated carbocycles. The van der Waals surface area contributed by atoms with Crippen LogP contribution in [-0.4, -0.2) is 49.3 Å². The van der Waals surface area contributed by atoms with Gasteiger partial charge in [-0.1, -0.05) is 6.07 Å². The van der Waals surface area contributed by atoms with Gasteiger partial charge in [-0.25, -0.2) is 4.98 Å². The summed E-state index contributed by atoms with van der Waals surface area (Å²) in [5, 5.41) is 0. The normalized spacial score (nSPS) is 25.8. The predicted molar refractivity (Wildman–Crippen MR) is 88.3 cm³/mol. The third kappa shape index (κ3) is 3.26. The average molecular weight is 313 g/mol. The number of pyridine rings is 1. The summed E-state index contributed by atoms with van der Waals surface area (Å²) >= 11 is 0. The van der Waals surface area contributed by atoms with Crippen LogP contribution in [0.4, 0.5) is 5.82 Å². The summed E-state index contributed by atoms with van der Waals surface area (Å²) in [4.78, 5) is 9.39. The quantitative estimate of drug-likeness (QED) is 0.870. The second kappa shape index (κ2) is 6.34. The van der Waals surface area contributed by atoms with Crippen molar-refractivity contribution in [2.45, 2.75) is 13.0 Å². The highest BCUT2D eigenvalue weighted by atomic mass is 16.5. The SMILES string of the molecule is c1ccc(N2CC[C@@]3(COCCN(Cc4ccoc4)C3)C2)nc1. The van der Waals surface area contributed by atoms with Gasteiger partial charge in [-0.2, -0.15) is 0 Å². The number of ether oxygens (including phenoxy) is 1. The van der Waals surface area contributed by atoms with E-state index in [1.807, 2.05) is 24.6 Å². The summed E-state index contributed by atoms with van der Waals surface area (Å²) in [5.41, 5.74) is 1.44. The summed E-state index contributed by atoms with van der Waals surface area (Å²) in [6, 6.07) is 8.17. The Morgan fingerprint density at radius 1 is 1.17 bits per heavy atom. The first-order chi connectivity index (χ1) is 11.3. The van der Waals surface area contributed by atoms with E-state index in [2.05, 4.69) is 26.9 Å². The zero-order valence-corrected chi connectivity index (χ0v) is 13.4. The highest BCUT2D eigenvalue weighted by molar-refractivity contribution is 5.40. The van der Waals surface area contributed by atoms with Crippen LogP contribution in [0.15, 0.2) is 47.4 Å². The molecule has 2 aromatic rings. The van der Waals surface area contributed by atoms with E-state index in [0.29, 0.717) is 0 Å². The molecule has 0 radical (unpaired) electrons. The number of furan rings is 1. The summed E-state index contributed by atoms with van der Waals surface area (Å²) in [6.45, 7) is 6.72. The Morgan fingerprint density at radius 2 is 2.17 bits per heavy atom. The third-order valence-corrected chi connectivity index (χ3v) is 4.92. The van der Waals surface area contributed by atoms with Gasteiger partial charge < -0.3 is 14.1 Å². The lowest BCUT2D eigenvalue weighted by atomic mass is 9.87. The molecule has 2 fully saturated rings. The Hall–Kier alpha value is -1.85. The van der Waals surface area contributed by atoms with Gasteiger partial charge in [0.15, 0.2) is 0 Å². The lowest BCUT2D eigenvalue weighted by molar-refractivity contribution is 0.0798. The molecule has 5 nitrogen and oxygen atoms in total. The van der Waals surface area contributed by atoms with Crippen molar-refractivity contribution >= 4 is 5.82 Å². The van der Waals surface area contributed by atoms with Crippen molar-refractivity contribution in [3.05, 3.63) is 48.6 Å². The van der Waals surface area contributed by atoms with E-state index >= 15 is 0 Å². The summed E-state index contributed by atoms with van der Waals surface area (Å²) in [6.07, 6.45) is 6.62. The van der Waals surface area contributed by atoms with Gasteiger partial charge in [-0.15, -0.1) is 0 Å². The molecule has 5 heteroatoms. The second-order valence-corrected chi connectivity index (χ2v) is 6.75. The average Bonchev–Trinajstić information content (AvgIpc) is 3.18. The topological polar surface area (TPSA) is 41.7 Å². The van der Waals surface area contributed by atoms with Gasteiger partial charge in [-0.05, 0) is 24.6 Å². The Morgan fingerprint density at radius 3 is 3.00 bits per heavy atom. The molecule has 23 heavy (non-hydrogen) atoms. The first-order valence-corrected chi connectivity index (χ1v) is 8.30. The molecule has 1 spiro atoms. The van der Waals surface area contributed by atoms with Gasteiger partial charge in [0.05, 0.1) is 25.7 Å². The number of hydrogen-bond acceptors (Lipinski definition) is 5. The number of anilines is 1. The molecule has 1 atom stereocenters. The summed E-state index contributed by atoms with van der Waals surface area (Å²) < 4.78 is 11.2. The van der Waals surface area contributed by atoms with Crippen LogP contribution in [0.5, 0.6) is 0 Å². The maximum atomic E-state index is 5.95. The van der Waals surface area contributed by atoms with Crippen molar-refractivity contribution in [3.63, 3.8) is 0 Å². The van der Waals surface area contributed by atoms with Crippen molar-refractivity contribution in [1.29, 1.82) is 0 Å². The van der Waals surface area contributed by atoms with Gasteiger partial charge in [0.1, 0.15) is 5.82 Å². The molecule has 0 aliphatic carbocycles. The van der Waals surface area contributed by atoms with Gasteiger partial charge >= 0.3 is 0 Å². The van der Waals surface area contributed by atoms with Crippen LogP contribution in [0.3, 0.4) is 0 Å². The van der Waals surface area contributed by atoms with Crippen LogP contribution in [0.25, 0.3) is 0 Å². The van der Waals surface area contributed by atoms with Gasteiger partial charge in [0.2, 0.25) is 0 Å². The van der Waals surface area contributed by atoms with E-state index < -0.39 is 0 Å². The number of rotatable bonds is 3.